The SMILES string of the molecule is CCC(C)[C@H](NC(=O)OC(C)(C)C)C(=O)N[C@H](C[C@@H](OC(C)=O)c1nc(C(=O)NC(Cc2ccccc2)CC(C)C(=O)O)cs1)C(C)C. The number of amides is 3. The standard InChI is InChI=1S/C35H52N4O8S/c1-10-21(4)29(39-34(45)47-35(7,8)9)31(42)37-26(20(2)3)18-28(46-23(6)40)32-38-27(19-48-32)30(41)36-25(16-22(5)33(43)44)17-24-14-12-11-13-15-24/h11-15,19-22,25-26,28-29H,10,16-18H2,1-9H3,(H,36,41)(H,37,42)(H,39,45)(H,43,44)/t21?,22?,25?,26-,28-,29+/m1/s1. The van der Waals surface area contributed by atoms with Gasteiger partial charge in [-0.3, -0.25) is 19.2 Å². The third kappa shape index (κ3) is 13.6. The Morgan fingerprint density at radius 2 is 1.60 bits per heavy atom. The molecule has 6 atom stereocenters. The number of hydrogen-bond acceptors (Lipinski definition) is 9. The van der Waals surface area contributed by atoms with Gasteiger partial charge in [-0.15, -0.1) is 11.3 Å². The van der Waals surface area contributed by atoms with Crippen molar-refractivity contribution in [3.63, 3.8) is 0 Å². The van der Waals surface area contributed by atoms with Crippen LogP contribution in [0, 0.1) is 17.8 Å². The average Bonchev–Trinajstić information content (AvgIpc) is 3.48. The van der Waals surface area contributed by atoms with E-state index in [2.05, 4.69) is 20.9 Å². The van der Waals surface area contributed by atoms with Gasteiger partial charge in [-0.2, -0.15) is 0 Å². The number of carbonyl (C=O) groups excluding carboxylic acids is 4. The molecule has 48 heavy (non-hydrogen) atoms. The van der Waals surface area contributed by atoms with Crippen LogP contribution < -0.4 is 16.0 Å². The van der Waals surface area contributed by atoms with Crippen molar-refractivity contribution in [1.82, 2.24) is 20.9 Å². The minimum Gasteiger partial charge on any atom is -0.481 e. The van der Waals surface area contributed by atoms with Gasteiger partial charge in [-0.1, -0.05) is 71.4 Å². The van der Waals surface area contributed by atoms with Crippen molar-refractivity contribution < 1.29 is 38.6 Å². The molecule has 2 rings (SSSR count). The topological polar surface area (TPSA) is 173 Å². The molecule has 0 saturated heterocycles. The number of thiazole rings is 1. The van der Waals surface area contributed by atoms with E-state index in [1.54, 1.807) is 33.1 Å². The molecule has 266 valence electrons. The lowest BCUT2D eigenvalue weighted by atomic mass is 9.94. The second-order valence-corrected chi connectivity index (χ2v) is 14.5. The van der Waals surface area contributed by atoms with Crippen LogP contribution in [0.15, 0.2) is 35.7 Å². The van der Waals surface area contributed by atoms with E-state index in [9.17, 15) is 29.1 Å². The highest BCUT2D eigenvalue weighted by atomic mass is 32.1. The number of aliphatic carboxylic acids is 1. The molecular weight excluding hydrogens is 636 g/mol. The van der Waals surface area contributed by atoms with Gasteiger partial charge >= 0.3 is 18.0 Å². The van der Waals surface area contributed by atoms with Crippen molar-refractivity contribution in [2.45, 2.75) is 118 Å². The molecule has 1 aromatic heterocycles. The van der Waals surface area contributed by atoms with Crippen molar-refractivity contribution in [1.29, 1.82) is 0 Å². The zero-order chi connectivity index (χ0) is 36.2. The van der Waals surface area contributed by atoms with Crippen LogP contribution in [0.5, 0.6) is 0 Å². The Bertz CT molecular complexity index is 1370. The zero-order valence-corrected chi connectivity index (χ0v) is 30.3. The third-order valence-corrected chi connectivity index (χ3v) is 8.76. The lowest BCUT2D eigenvalue weighted by Gasteiger charge is -2.30. The van der Waals surface area contributed by atoms with Crippen molar-refractivity contribution in [3.05, 3.63) is 52.0 Å². The Morgan fingerprint density at radius 1 is 0.958 bits per heavy atom. The van der Waals surface area contributed by atoms with Crippen LogP contribution in [-0.4, -0.2) is 63.7 Å². The maximum atomic E-state index is 13.6. The first-order chi connectivity index (χ1) is 22.4. The maximum absolute atomic E-state index is 13.6. The van der Waals surface area contributed by atoms with E-state index < -0.39 is 65.6 Å². The van der Waals surface area contributed by atoms with Gasteiger partial charge in [-0.05, 0) is 51.0 Å². The van der Waals surface area contributed by atoms with E-state index in [4.69, 9.17) is 9.47 Å². The fourth-order valence-electron chi connectivity index (χ4n) is 4.96. The summed E-state index contributed by atoms with van der Waals surface area (Å²) in [6, 6.07) is 7.67. The molecule has 0 spiro atoms. The van der Waals surface area contributed by atoms with Gasteiger partial charge in [-0.25, -0.2) is 9.78 Å². The van der Waals surface area contributed by atoms with Crippen LogP contribution in [0.3, 0.4) is 0 Å². The van der Waals surface area contributed by atoms with E-state index >= 15 is 0 Å². The number of carboxylic acid groups (broad SMARTS) is 1. The molecule has 0 aliphatic carbocycles. The normalized spacial score (nSPS) is 15.3. The summed E-state index contributed by atoms with van der Waals surface area (Å²) in [5.41, 5.74) is 0.325. The molecule has 4 N–H and O–H groups in total. The summed E-state index contributed by atoms with van der Waals surface area (Å²) < 4.78 is 11.0. The van der Waals surface area contributed by atoms with Gasteiger partial charge < -0.3 is 30.5 Å². The lowest BCUT2D eigenvalue weighted by molar-refractivity contribution is -0.147. The molecule has 13 heteroatoms. The fourth-order valence-corrected chi connectivity index (χ4v) is 5.79. The van der Waals surface area contributed by atoms with E-state index in [0.29, 0.717) is 17.8 Å². The highest BCUT2D eigenvalue weighted by molar-refractivity contribution is 7.09. The van der Waals surface area contributed by atoms with Crippen LogP contribution in [0.1, 0.15) is 109 Å². The first-order valence-electron chi connectivity index (χ1n) is 16.4. The van der Waals surface area contributed by atoms with Crippen LogP contribution in [-0.2, 0) is 30.3 Å². The fraction of sp³-hybridized carbons (Fsp3) is 0.600. The van der Waals surface area contributed by atoms with Crippen molar-refractivity contribution in [2.75, 3.05) is 0 Å². The van der Waals surface area contributed by atoms with Gasteiger partial charge in [0.1, 0.15) is 22.3 Å². The smallest absolute Gasteiger partial charge is 0.408 e. The Balaban J connectivity index is 2.26. The van der Waals surface area contributed by atoms with Gasteiger partial charge in [0.15, 0.2) is 6.10 Å². The number of carboxylic acids is 1. The molecule has 1 aromatic carbocycles. The average molecular weight is 689 g/mol. The number of esters is 1. The number of nitrogens with one attached hydrogen (secondary N) is 3. The zero-order valence-electron chi connectivity index (χ0n) is 29.5. The molecular formula is C35H52N4O8S. The lowest BCUT2D eigenvalue weighted by Crippen LogP contribution is -2.54. The minimum absolute atomic E-state index is 0.0937. The number of rotatable bonds is 17. The van der Waals surface area contributed by atoms with E-state index in [1.807, 2.05) is 58.0 Å². The molecule has 3 amide bonds. The number of alkyl carbamates (subject to hydrolysis) is 1. The molecule has 0 radical (unpaired) electrons. The molecule has 2 aromatic rings. The number of ether oxygens (including phenoxy) is 2. The maximum Gasteiger partial charge on any atom is 0.408 e. The number of carbonyl (C=O) groups is 5. The first kappa shape index (κ1) is 40.2. The van der Waals surface area contributed by atoms with Gasteiger partial charge in [0, 0.05) is 30.8 Å². The second kappa shape index (κ2) is 18.5. The second-order valence-electron chi connectivity index (χ2n) is 13.6. The van der Waals surface area contributed by atoms with E-state index in [-0.39, 0.29) is 30.4 Å². The van der Waals surface area contributed by atoms with Gasteiger partial charge in [0.05, 0.1) is 5.92 Å². The minimum atomic E-state index is -0.953. The van der Waals surface area contributed by atoms with Crippen LogP contribution in [0.2, 0.25) is 0 Å². The third-order valence-electron chi connectivity index (χ3n) is 7.83. The van der Waals surface area contributed by atoms with Gasteiger partial charge in [0.2, 0.25) is 5.91 Å². The number of aromatic nitrogens is 1. The van der Waals surface area contributed by atoms with Crippen molar-refractivity contribution in [3.8, 4) is 0 Å². The number of hydrogen-bond donors (Lipinski definition) is 4. The Morgan fingerprint density at radius 3 is 2.15 bits per heavy atom. The molecule has 3 unspecified atom stereocenters. The summed E-state index contributed by atoms with van der Waals surface area (Å²) in [6.07, 6.45) is -0.105. The highest BCUT2D eigenvalue weighted by Gasteiger charge is 2.33. The molecule has 1 heterocycles. The summed E-state index contributed by atoms with van der Waals surface area (Å²) in [5, 5.41) is 20.1. The number of benzene rings is 1. The summed E-state index contributed by atoms with van der Waals surface area (Å²) in [7, 11) is 0. The molecule has 12 nitrogen and oxygen atoms in total. The highest BCUT2D eigenvalue weighted by Crippen LogP contribution is 2.29. The molecule has 0 fully saturated rings. The Kier molecular flexibility index (Phi) is 15.5. The molecule has 0 aliphatic heterocycles. The molecule has 0 saturated carbocycles. The van der Waals surface area contributed by atoms with Crippen LogP contribution in [0.25, 0.3) is 0 Å². The first-order valence-corrected chi connectivity index (χ1v) is 17.3. The quantitative estimate of drug-likeness (QED) is 0.153. The Labute approximate surface area is 287 Å². The van der Waals surface area contributed by atoms with Crippen molar-refractivity contribution >= 4 is 41.2 Å². The van der Waals surface area contributed by atoms with Crippen molar-refractivity contribution in [2.24, 2.45) is 17.8 Å². The number of nitrogens with zero attached hydrogens (tertiary/aromatic N) is 1. The summed E-state index contributed by atoms with van der Waals surface area (Å²) in [4.78, 5) is 67.7. The molecule has 0 aliphatic rings. The Hall–Kier alpha value is -4.00. The van der Waals surface area contributed by atoms with Crippen LogP contribution >= 0.6 is 11.3 Å². The van der Waals surface area contributed by atoms with E-state index in [0.717, 1.165) is 16.9 Å². The summed E-state index contributed by atoms with van der Waals surface area (Å²) in [6.45, 7) is 15.7. The largest absolute Gasteiger partial charge is 0.481 e. The summed E-state index contributed by atoms with van der Waals surface area (Å²) >= 11 is 1.15. The summed E-state index contributed by atoms with van der Waals surface area (Å²) in [5.74, 6) is -3.34. The van der Waals surface area contributed by atoms with Crippen LogP contribution in [0.4, 0.5) is 4.79 Å². The van der Waals surface area contributed by atoms with Gasteiger partial charge in [0.25, 0.3) is 5.91 Å². The predicted molar refractivity (Wildman–Crippen MR) is 183 cm³/mol. The predicted octanol–water partition coefficient (Wildman–Crippen LogP) is 5.67. The van der Waals surface area contributed by atoms with E-state index in [1.165, 1.54) is 6.92 Å². The monoisotopic (exact) mass is 688 g/mol. The molecule has 0 bridgehead atoms.